The van der Waals surface area contributed by atoms with Gasteiger partial charge in [-0.15, -0.1) is 0 Å². The number of carbonyl (C=O) groups excluding carboxylic acids is 1. The second kappa shape index (κ2) is 4.72. The van der Waals surface area contributed by atoms with E-state index in [1.807, 2.05) is 17.8 Å². The van der Waals surface area contributed by atoms with Gasteiger partial charge in [-0.1, -0.05) is 0 Å². The fourth-order valence-electron chi connectivity index (χ4n) is 2.44. The summed E-state index contributed by atoms with van der Waals surface area (Å²) in [6, 6.07) is 4.48. The van der Waals surface area contributed by atoms with Crippen molar-refractivity contribution in [1.29, 1.82) is 0 Å². The Hall–Kier alpha value is -1.36. The van der Waals surface area contributed by atoms with E-state index in [4.69, 9.17) is 5.73 Å². The molecular formula is C13H17N3OS. The average molecular weight is 263 g/mol. The van der Waals surface area contributed by atoms with Crippen molar-refractivity contribution in [1.82, 2.24) is 0 Å². The first-order valence-corrected chi connectivity index (χ1v) is 7.44. The lowest BCUT2D eigenvalue weighted by atomic mass is 10.0. The normalized spacial score (nSPS) is 22.4. The first kappa shape index (κ1) is 11.7. The number of nitrogens with one attached hydrogen (secondary N) is 2. The molecule has 0 aromatic heterocycles. The molecule has 1 amide bonds. The lowest BCUT2D eigenvalue weighted by Crippen LogP contribution is -2.22. The second-order valence-electron chi connectivity index (χ2n) is 4.85. The number of fused-ring (bicyclic) bond motifs is 1. The first-order chi connectivity index (χ1) is 8.72. The van der Waals surface area contributed by atoms with Crippen LogP contribution in [0.15, 0.2) is 12.1 Å². The van der Waals surface area contributed by atoms with E-state index in [1.54, 1.807) is 0 Å². The summed E-state index contributed by atoms with van der Waals surface area (Å²) in [6.45, 7) is 0. The minimum absolute atomic E-state index is 0.0785. The Balaban J connectivity index is 1.84. The van der Waals surface area contributed by atoms with Gasteiger partial charge in [0.05, 0.1) is 11.4 Å². The zero-order chi connectivity index (χ0) is 12.5. The molecular weight excluding hydrogens is 246 g/mol. The molecule has 0 spiro atoms. The number of carbonyl (C=O) groups is 1. The van der Waals surface area contributed by atoms with Gasteiger partial charge in [0.25, 0.3) is 0 Å². The van der Waals surface area contributed by atoms with Crippen LogP contribution in [-0.2, 0) is 11.2 Å². The molecule has 0 bridgehead atoms. The molecule has 2 aliphatic heterocycles. The van der Waals surface area contributed by atoms with Crippen LogP contribution in [0.25, 0.3) is 0 Å². The molecule has 2 aliphatic rings. The Morgan fingerprint density at radius 3 is 3.06 bits per heavy atom. The van der Waals surface area contributed by atoms with Gasteiger partial charge < -0.3 is 16.4 Å². The third-order valence-electron chi connectivity index (χ3n) is 3.46. The third-order valence-corrected chi connectivity index (χ3v) is 4.62. The van der Waals surface area contributed by atoms with Gasteiger partial charge >= 0.3 is 0 Å². The standard InChI is InChI=1S/C13H17N3OS/c14-10-6-11-8(1-2-13(17)16-11)5-12(10)15-9-3-4-18-7-9/h5-6,9,15H,1-4,7,14H2,(H,16,17). The van der Waals surface area contributed by atoms with Crippen LogP contribution in [0.1, 0.15) is 18.4 Å². The smallest absolute Gasteiger partial charge is 0.224 e. The summed E-state index contributed by atoms with van der Waals surface area (Å²) >= 11 is 1.98. The Labute approximate surface area is 111 Å². The number of aryl methyl sites for hydroxylation is 1. The summed E-state index contributed by atoms with van der Waals surface area (Å²) in [7, 11) is 0. The van der Waals surface area contributed by atoms with Crippen molar-refractivity contribution in [2.45, 2.75) is 25.3 Å². The van der Waals surface area contributed by atoms with Gasteiger partial charge in [0, 0.05) is 23.9 Å². The highest BCUT2D eigenvalue weighted by molar-refractivity contribution is 7.99. The number of benzene rings is 1. The summed E-state index contributed by atoms with van der Waals surface area (Å²) in [5.41, 5.74) is 9.82. The first-order valence-electron chi connectivity index (χ1n) is 6.29. The van der Waals surface area contributed by atoms with Crippen LogP contribution in [0, 0.1) is 0 Å². The predicted octanol–water partition coefficient (Wildman–Crippen LogP) is 2.07. The molecule has 5 heteroatoms. The molecule has 0 saturated carbocycles. The Bertz CT molecular complexity index is 483. The van der Waals surface area contributed by atoms with Crippen molar-refractivity contribution in [3.8, 4) is 0 Å². The molecule has 1 unspecified atom stereocenters. The summed E-state index contributed by atoms with van der Waals surface area (Å²) in [5.74, 6) is 2.45. The zero-order valence-corrected chi connectivity index (χ0v) is 11.0. The van der Waals surface area contributed by atoms with Gasteiger partial charge in [0.15, 0.2) is 0 Å². The fraction of sp³-hybridized carbons (Fsp3) is 0.462. The van der Waals surface area contributed by atoms with Gasteiger partial charge in [0.1, 0.15) is 0 Å². The number of anilines is 3. The molecule has 1 aromatic rings. The summed E-state index contributed by atoms with van der Waals surface area (Å²) in [6.07, 6.45) is 2.56. The minimum Gasteiger partial charge on any atom is -0.397 e. The van der Waals surface area contributed by atoms with Crippen molar-refractivity contribution in [2.24, 2.45) is 0 Å². The van der Waals surface area contributed by atoms with Gasteiger partial charge in [-0.25, -0.2) is 0 Å². The predicted molar refractivity (Wildman–Crippen MR) is 77.2 cm³/mol. The van der Waals surface area contributed by atoms with E-state index < -0.39 is 0 Å². The number of nitrogen functional groups attached to an aromatic ring is 1. The largest absolute Gasteiger partial charge is 0.397 e. The maximum atomic E-state index is 11.3. The van der Waals surface area contributed by atoms with Crippen LogP contribution in [0.4, 0.5) is 17.1 Å². The van der Waals surface area contributed by atoms with E-state index in [9.17, 15) is 4.79 Å². The molecule has 2 heterocycles. The van der Waals surface area contributed by atoms with E-state index in [0.29, 0.717) is 18.2 Å². The molecule has 1 aromatic carbocycles. The minimum atomic E-state index is 0.0785. The van der Waals surface area contributed by atoms with Gasteiger partial charge in [0.2, 0.25) is 5.91 Å². The molecule has 3 rings (SSSR count). The van der Waals surface area contributed by atoms with Crippen molar-refractivity contribution in [3.05, 3.63) is 17.7 Å². The Morgan fingerprint density at radius 1 is 1.39 bits per heavy atom. The van der Waals surface area contributed by atoms with Gasteiger partial charge in [-0.3, -0.25) is 4.79 Å². The molecule has 18 heavy (non-hydrogen) atoms. The van der Waals surface area contributed by atoms with E-state index in [-0.39, 0.29) is 5.91 Å². The van der Waals surface area contributed by atoms with Crippen LogP contribution >= 0.6 is 11.8 Å². The number of amides is 1. The van der Waals surface area contributed by atoms with Crippen molar-refractivity contribution >= 4 is 34.7 Å². The highest BCUT2D eigenvalue weighted by atomic mass is 32.2. The SMILES string of the molecule is Nc1cc2c(cc1NC1CCSC1)CCC(=O)N2. The molecule has 0 aliphatic carbocycles. The van der Waals surface area contributed by atoms with E-state index in [1.165, 1.54) is 17.7 Å². The van der Waals surface area contributed by atoms with E-state index in [2.05, 4.69) is 16.7 Å². The van der Waals surface area contributed by atoms with Crippen LogP contribution in [-0.4, -0.2) is 23.5 Å². The number of thioether (sulfide) groups is 1. The fourth-order valence-corrected chi connectivity index (χ4v) is 3.59. The summed E-state index contributed by atoms with van der Waals surface area (Å²) in [5, 5.41) is 6.38. The quantitative estimate of drug-likeness (QED) is 0.715. The highest BCUT2D eigenvalue weighted by Crippen LogP contribution is 2.32. The lowest BCUT2D eigenvalue weighted by molar-refractivity contribution is -0.116. The van der Waals surface area contributed by atoms with Crippen molar-refractivity contribution < 1.29 is 4.79 Å². The average Bonchev–Trinajstić information content (AvgIpc) is 2.83. The van der Waals surface area contributed by atoms with Crippen molar-refractivity contribution in [3.63, 3.8) is 0 Å². The van der Waals surface area contributed by atoms with Crippen LogP contribution < -0.4 is 16.4 Å². The summed E-state index contributed by atoms with van der Waals surface area (Å²) in [4.78, 5) is 11.3. The summed E-state index contributed by atoms with van der Waals surface area (Å²) < 4.78 is 0. The maximum absolute atomic E-state index is 11.3. The molecule has 96 valence electrons. The maximum Gasteiger partial charge on any atom is 0.224 e. The van der Waals surface area contributed by atoms with Gasteiger partial charge in [-0.05, 0) is 36.3 Å². The highest BCUT2D eigenvalue weighted by Gasteiger charge is 2.19. The number of hydrogen-bond acceptors (Lipinski definition) is 4. The Morgan fingerprint density at radius 2 is 2.28 bits per heavy atom. The van der Waals surface area contributed by atoms with Crippen molar-refractivity contribution in [2.75, 3.05) is 27.9 Å². The van der Waals surface area contributed by atoms with E-state index >= 15 is 0 Å². The molecule has 4 nitrogen and oxygen atoms in total. The molecule has 1 saturated heterocycles. The lowest BCUT2D eigenvalue weighted by Gasteiger charge is -2.21. The van der Waals surface area contributed by atoms with Crippen LogP contribution in [0.2, 0.25) is 0 Å². The zero-order valence-electron chi connectivity index (χ0n) is 10.2. The molecule has 4 N–H and O–H groups in total. The monoisotopic (exact) mass is 263 g/mol. The van der Waals surface area contributed by atoms with Crippen LogP contribution in [0.5, 0.6) is 0 Å². The van der Waals surface area contributed by atoms with E-state index in [0.717, 1.165) is 23.5 Å². The number of hydrogen-bond donors (Lipinski definition) is 3. The number of rotatable bonds is 2. The molecule has 0 radical (unpaired) electrons. The topological polar surface area (TPSA) is 67.1 Å². The second-order valence-corrected chi connectivity index (χ2v) is 6.00. The molecule has 1 fully saturated rings. The number of nitrogens with two attached hydrogens (primary N) is 1. The molecule has 1 atom stereocenters. The Kier molecular flexibility index (Phi) is 3.07. The third kappa shape index (κ3) is 2.27. The van der Waals surface area contributed by atoms with Crippen LogP contribution in [0.3, 0.4) is 0 Å². The van der Waals surface area contributed by atoms with Gasteiger partial charge in [-0.2, -0.15) is 11.8 Å².